The molecular formula is C13H21F3N2O2. The van der Waals surface area contributed by atoms with E-state index in [4.69, 9.17) is 5.11 Å². The number of hydrogen-bond acceptors (Lipinski definition) is 3. The van der Waals surface area contributed by atoms with E-state index in [0.29, 0.717) is 32.1 Å². The molecule has 2 fully saturated rings. The number of carboxylic acid groups (broad SMARTS) is 1. The zero-order valence-corrected chi connectivity index (χ0v) is 11.3. The smallest absolute Gasteiger partial charge is 0.391 e. The van der Waals surface area contributed by atoms with E-state index in [9.17, 15) is 18.0 Å². The Labute approximate surface area is 116 Å². The maximum atomic E-state index is 12.5. The van der Waals surface area contributed by atoms with Gasteiger partial charge in [-0.25, -0.2) is 0 Å². The minimum absolute atomic E-state index is 0.122. The largest absolute Gasteiger partial charge is 0.480 e. The number of nitrogens with zero attached hydrogens (tertiary/aromatic N) is 1. The Balaban J connectivity index is 1.70. The second kappa shape index (κ2) is 6.30. The molecular weight excluding hydrogens is 273 g/mol. The SMILES string of the molecule is O=C(O)C(CCN1CCC(C(F)(F)F)CC1)NC1CC1. The molecule has 1 unspecified atom stereocenters. The van der Waals surface area contributed by atoms with Gasteiger partial charge >= 0.3 is 12.1 Å². The fourth-order valence-corrected chi connectivity index (χ4v) is 2.61. The van der Waals surface area contributed by atoms with Crippen molar-refractivity contribution in [3.8, 4) is 0 Å². The Bertz CT molecular complexity index is 337. The van der Waals surface area contributed by atoms with Gasteiger partial charge in [0.25, 0.3) is 0 Å². The van der Waals surface area contributed by atoms with Crippen LogP contribution in [0.2, 0.25) is 0 Å². The van der Waals surface area contributed by atoms with Gasteiger partial charge in [0.15, 0.2) is 0 Å². The maximum Gasteiger partial charge on any atom is 0.391 e. The maximum absolute atomic E-state index is 12.5. The fraction of sp³-hybridized carbons (Fsp3) is 0.923. The topological polar surface area (TPSA) is 52.6 Å². The summed E-state index contributed by atoms with van der Waals surface area (Å²) in [5, 5.41) is 12.2. The first-order chi connectivity index (χ1) is 9.36. The van der Waals surface area contributed by atoms with Gasteiger partial charge in [-0.2, -0.15) is 13.2 Å². The van der Waals surface area contributed by atoms with Crippen LogP contribution in [0.15, 0.2) is 0 Å². The zero-order valence-electron chi connectivity index (χ0n) is 11.3. The van der Waals surface area contributed by atoms with Gasteiger partial charge < -0.3 is 15.3 Å². The van der Waals surface area contributed by atoms with Crippen LogP contribution in [0.3, 0.4) is 0 Å². The molecule has 7 heteroatoms. The number of piperidine rings is 1. The lowest BCUT2D eigenvalue weighted by molar-refractivity contribution is -0.185. The van der Waals surface area contributed by atoms with Crippen LogP contribution >= 0.6 is 0 Å². The second-order valence-electron chi connectivity index (χ2n) is 5.78. The van der Waals surface area contributed by atoms with E-state index >= 15 is 0 Å². The number of carbonyl (C=O) groups is 1. The number of alkyl halides is 3. The van der Waals surface area contributed by atoms with Gasteiger partial charge in [0.05, 0.1) is 5.92 Å². The molecule has 0 spiro atoms. The molecule has 0 amide bonds. The van der Waals surface area contributed by atoms with Crippen LogP contribution in [0.1, 0.15) is 32.1 Å². The highest BCUT2D eigenvalue weighted by atomic mass is 19.4. The highest BCUT2D eigenvalue weighted by Gasteiger charge is 2.41. The molecule has 0 bridgehead atoms. The van der Waals surface area contributed by atoms with Crippen LogP contribution in [0.25, 0.3) is 0 Å². The van der Waals surface area contributed by atoms with Gasteiger partial charge in [-0.05, 0) is 45.2 Å². The fourth-order valence-electron chi connectivity index (χ4n) is 2.61. The first-order valence-electron chi connectivity index (χ1n) is 7.14. The highest BCUT2D eigenvalue weighted by molar-refractivity contribution is 5.73. The molecule has 2 aliphatic rings. The number of rotatable bonds is 6. The van der Waals surface area contributed by atoms with Crippen molar-refractivity contribution in [1.82, 2.24) is 10.2 Å². The van der Waals surface area contributed by atoms with Crippen molar-refractivity contribution in [2.24, 2.45) is 5.92 Å². The van der Waals surface area contributed by atoms with Crippen molar-refractivity contribution in [2.45, 2.75) is 50.4 Å². The molecule has 1 atom stereocenters. The molecule has 1 aliphatic heterocycles. The number of carboxylic acids is 1. The molecule has 4 nitrogen and oxygen atoms in total. The summed E-state index contributed by atoms with van der Waals surface area (Å²) < 4.78 is 37.6. The van der Waals surface area contributed by atoms with E-state index < -0.39 is 24.1 Å². The third kappa shape index (κ3) is 4.63. The Kier molecular flexibility index (Phi) is 4.90. The second-order valence-corrected chi connectivity index (χ2v) is 5.78. The average Bonchev–Trinajstić information content (AvgIpc) is 3.17. The molecule has 2 rings (SSSR count). The standard InChI is InChI=1S/C13H21F3N2O2/c14-13(15,16)9-3-6-18(7-4-9)8-5-11(12(19)20)17-10-1-2-10/h9-11,17H,1-8H2,(H,19,20). The summed E-state index contributed by atoms with van der Waals surface area (Å²) in [6.45, 7) is 1.35. The monoisotopic (exact) mass is 294 g/mol. The number of likely N-dealkylation sites (tertiary alicyclic amines) is 1. The number of aliphatic carboxylic acids is 1. The minimum Gasteiger partial charge on any atom is -0.480 e. The average molecular weight is 294 g/mol. The molecule has 0 aromatic rings. The molecule has 1 heterocycles. The lowest BCUT2D eigenvalue weighted by Gasteiger charge is -2.33. The van der Waals surface area contributed by atoms with E-state index in [1.165, 1.54) is 0 Å². The van der Waals surface area contributed by atoms with Crippen molar-refractivity contribution < 1.29 is 23.1 Å². The lowest BCUT2D eigenvalue weighted by atomic mass is 9.96. The Morgan fingerprint density at radius 2 is 1.85 bits per heavy atom. The molecule has 0 aromatic carbocycles. The first-order valence-corrected chi connectivity index (χ1v) is 7.14. The van der Waals surface area contributed by atoms with Gasteiger partial charge in [-0.3, -0.25) is 4.79 Å². The van der Waals surface area contributed by atoms with Gasteiger partial charge in [0.1, 0.15) is 6.04 Å². The van der Waals surface area contributed by atoms with Crippen molar-refractivity contribution in [1.29, 1.82) is 0 Å². The third-order valence-corrected chi connectivity index (χ3v) is 4.10. The molecule has 2 N–H and O–H groups in total. The Morgan fingerprint density at radius 3 is 2.30 bits per heavy atom. The molecule has 1 saturated carbocycles. The Hall–Kier alpha value is -0.820. The van der Waals surface area contributed by atoms with Crippen LogP contribution < -0.4 is 5.32 Å². The van der Waals surface area contributed by atoms with Crippen LogP contribution in [0.5, 0.6) is 0 Å². The molecule has 0 aromatic heterocycles. The van der Waals surface area contributed by atoms with Crippen LogP contribution in [0.4, 0.5) is 13.2 Å². The van der Waals surface area contributed by atoms with Crippen LogP contribution in [-0.4, -0.2) is 53.9 Å². The minimum atomic E-state index is -4.09. The summed E-state index contributed by atoms with van der Waals surface area (Å²) >= 11 is 0. The van der Waals surface area contributed by atoms with Crippen LogP contribution in [0, 0.1) is 5.92 Å². The van der Waals surface area contributed by atoms with E-state index in [1.807, 2.05) is 4.90 Å². The van der Waals surface area contributed by atoms with E-state index in [1.54, 1.807) is 0 Å². The molecule has 0 radical (unpaired) electrons. The van der Waals surface area contributed by atoms with Crippen LogP contribution in [-0.2, 0) is 4.79 Å². The van der Waals surface area contributed by atoms with Crippen molar-refractivity contribution in [3.05, 3.63) is 0 Å². The van der Waals surface area contributed by atoms with E-state index in [2.05, 4.69) is 5.32 Å². The van der Waals surface area contributed by atoms with Gasteiger partial charge in [0, 0.05) is 12.6 Å². The summed E-state index contributed by atoms with van der Waals surface area (Å²) in [5.74, 6) is -2.07. The predicted molar refractivity (Wildman–Crippen MR) is 67.4 cm³/mol. The summed E-state index contributed by atoms with van der Waals surface area (Å²) in [5.41, 5.74) is 0. The summed E-state index contributed by atoms with van der Waals surface area (Å²) in [6.07, 6.45) is -1.37. The molecule has 20 heavy (non-hydrogen) atoms. The van der Waals surface area contributed by atoms with Crippen molar-refractivity contribution in [2.75, 3.05) is 19.6 Å². The van der Waals surface area contributed by atoms with Crippen molar-refractivity contribution >= 4 is 5.97 Å². The number of halogens is 3. The first kappa shape index (κ1) is 15.6. The molecule has 116 valence electrons. The summed E-state index contributed by atoms with van der Waals surface area (Å²) in [4.78, 5) is 13.0. The Morgan fingerprint density at radius 1 is 1.25 bits per heavy atom. The highest BCUT2D eigenvalue weighted by Crippen LogP contribution is 2.34. The number of hydrogen-bond donors (Lipinski definition) is 2. The molecule has 1 saturated heterocycles. The summed E-state index contributed by atoms with van der Waals surface area (Å²) in [7, 11) is 0. The van der Waals surface area contributed by atoms with Crippen molar-refractivity contribution in [3.63, 3.8) is 0 Å². The molecule has 1 aliphatic carbocycles. The normalized spacial score (nSPS) is 23.8. The summed E-state index contributed by atoms with van der Waals surface area (Å²) in [6, 6.07) is -0.269. The van der Waals surface area contributed by atoms with E-state index in [-0.39, 0.29) is 12.8 Å². The van der Waals surface area contributed by atoms with E-state index in [0.717, 1.165) is 12.8 Å². The van der Waals surface area contributed by atoms with Gasteiger partial charge in [-0.1, -0.05) is 0 Å². The zero-order chi connectivity index (χ0) is 14.8. The quantitative estimate of drug-likeness (QED) is 0.785. The number of nitrogens with one attached hydrogen (secondary N) is 1. The predicted octanol–water partition coefficient (Wildman–Crippen LogP) is 1.86. The van der Waals surface area contributed by atoms with Gasteiger partial charge in [-0.15, -0.1) is 0 Å². The third-order valence-electron chi connectivity index (χ3n) is 4.10. The lowest BCUT2D eigenvalue weighted by Crippen LogP contribution is -2.44. The van der Waals surface area contributed by atoms with Gasteiger partial charge in [0.2, 0.25) is 0 Å².